The first-order valence-corrected chi connectivity index (χ1v) is 15.7. The van der Waals surface area contributed by atoms with Crippen molar-refractivity contribution in [3.05, 3.63) is 71.3 Å². The number of aliphatic hydroxyl groups excluding tert-OH is 2. The lowest BCUT2D eigenvalue weighted by Crippen LogP contribution is -2.43. The minimum Gasteiger partial charge on any atom is -0.387 e. The number of nitrogens with zero attached hydrogens (tertiary/aromatic N) is 5. The molecule has 0 bridgehead atoms. The first-order chi connectivity index (χ1) is 21.3. The molecule has 1 aromatic carbocycles. The Hall–Kier alpha value is -3.64. The highest BCUT2D eigenvalue weighted by Crippen LogP contribution is 2.39. The normalized spacial score (nSPS) is 30.0. The van der Waals surface area contributed by atoms with E-state index in [9.17, 15) is 15.0 Å². The number of aryl methyl sites for hydroxylation is 2. The maximum atomic E-state index is 12.6. The van der Waals surface area contributed by atoms with Crippen LogP contribution < -0.4 is 10.6 Å². The van der Waals surface area contributed by atoms with Crippen molar-refractivity contribution in [3.8, 4) is 0 Å². The Morgan fingerprint density at radius 1 is 1.11 bits per heavy atom. The van der Waals surface area contributed by atoms with Crippen molar-refractivity contribution in [2.75, 3.05) is 18.4 Å². The van der Waals surface area contributed by atoms with E-state index >= 15 is 0 Å². The highest BCUT2D eigenvalue weighted by Gasteiger charge is 2.48. The number of amides is 1. The lowest BCUT2D eigenvalue weighted by Gasteiger charge is -2.27. The number of rotatable bonds is 9. The molecule has 4 aliphatic rings. The summed E-state index contributed by atoms with van der Waals surface area (Å²) in [5.41, 5.74) is 6.33. The van der Waals surface area contributed by atoms with Gasteiger partial charge in [-0.05, 0) is 57.1 Å². The Morgan fingerprint density at radius 3 is 2.77 bits per heavy atom. The van der Waals surface area contributed by atoms with E-state index in [-0.39, 0.29) is 6.04 Å². The van der Waals surface area contributed by atoms with Crippen molar-refractivity contribution >= 4 is 22.9 Å². The average molecular weight is 600 g/mol. The maximum absolute atomic E-state index is 12.6. The van der Waals surface area contributed by atoms with E-state index in [4.69, 9.17) is 4.74 Å². The van der Waals surface area contributed by atoms with Gasteiger partial charge in [0.2, 0.25) is 0 Å². The molecule has 2 aliphatic heterocycles. The van der Waals surface area contributed by atoms with Crippen molar-refractivity contribution in [2.45, 2.75) is 83.2 Å². The van der Waals surface area contributed by atoms with E-state index < -0.39 is 30.4 Å². The van der Waals surface area contributed by atoms with Crippen LogP contribution in [0, 0.1) is 25.7 Å². The van der Waals surface area contributed by atoms with Crippen molar-refractivity contribution in [3.63, 3.8) is 0 Å². The molecule has 4 unspecified atom stereocenters. The smallest absolute Gasteiger partial charge is 0.252 e. The number of likely N-dealkylation sites (tertiary alicyclic amines) is 1. The first kappa shape index (κ1) is 29.1. The number of carbonyl (C=O) groups excluding carboxylic acids is 1. The summed E-state index contributed by atoms with van der Waals surface area (Å²) in [6.07, 6.45) is 7.99. The molecular weight excluding hydrogens is 558 g/mol. The zero-order chi connectivity index (χ0) is 30.5. The summed E-state index contributed by atoms with van der Waals surface area (Å²) in [4.78, 5) is 28.6. The number of aliphatic hydroxyl groups is 2. The van der Waals surface area contributed by atoms with Gasteiger partial charge >= 0.3 is 0 Å². The summed E-state index contributed by atoms with van der Waals surface area (Å²) >= 11 is 0. The van der Waals surface area contributed by atoms with E-state index in [2.05, 4.69) is 87.7 Å². The summed E-state index contributed by atoms with van der Waals surface area (Å²) in [5, 5.41) is 27.7. The van der Waals surface area contributed by atoms with E-state index in [0.717, 1.165) is 32.4 Å². The molecule has 2 saturated heterocycles. The Labute approximate surface area is 257 Å². The van der Waals surface area contributed by atoms with E-state index in [1.165, 1.54) is 34.9 Å². The van der Waals surface area contributed by atoms with Crippen LogP contribution in [0.1, 0.15) is 49.1 Å². The van der Waals surface area contributed by atoms with Crippen LogP contribution in [-0.2, 0) is 16.1 Å². The molecule has 44 heavy (non-hydrogen) atoms. The highest BCUT2D eigenvalue weighted by molar-refractivity contribution is 5.83. The molecule has 2 aliphatic carbocycles. The van der Waals surface area contributed by atoms with Crippen LogP contribution in [0.2, 0.25) is 0 Å². The third-order valence-corrected chi connectivity index (χ3v) is 9.58. The molecule has 4 N–H and O–H groups in total. The van der Waals surface area contributed by atoms with Crippen molar-refractivity contribution < 1.29 is 19.7 Å². The van der Waals surface area contributed by atoms with Crippen LogP contribution in [0.5, 0.6) is 0 Å². The molecule has 3 aromatic rings. The standard InChI is InChI=1S/C33H41N7O4/c1-18-4-6-20(3)22(12-18)15-39-14-21(24-13-19(2)5-9-25(24)39)10-11-34-30-26-31(36-16-35-30)40(17-37-26)33-28(42)27(41)29(44-33)32(43)38-23-7-8-23/h4-6,9,12-13,16-17,21,23-25,27-29,33,41-42H,7-8,10-11,14-15H2,1-3H3,(H,38,43)(H,34,35,36)/t21?,24?,25?,27-,28+,29-,33?/m1/s1. The number of imidazole rings is 1. The lowest BCUT2D eigenvalue weighted by molar-refractivity contribution is -0.137. The van der Waals surface area contributed by atoms with Gasteiger partial charge in [0.1, 0.15) is 18.5 Å². The van der Waals surface area contributed by atoms with Gasteiger partial charge in [0.15, 0.2) is 29.3 Å². The fourth-order valence-electron chi connectivity index (χ4n) is 6.96. The fraction of sp³-hybridized carbons (Fsp3) is 0.515. The molecule has 0 spiro atoms. The molecule has 1 saturated carbocycles. The topological polar surface area (TPSA) is 138 Å². The van der Waals surface area contributed by atoms with Crippen LogP contribution in [0.25, 0.3) is 11.2 Å². The molecule has 1 amide bonds. The van der Waals surface area contributed by atoms with Gasteiger partial charge in [-0.1, -0.05) is 47.6 Å². The lowest BCUT2D eigenvalue weighted by atomic mass is 9.84. The second-order valence-corrected chi connectivity index (χ2v) is 12.9. The number of benzene rings is 1. The zero-order valence-electron chi connectivity index (χ0n) is 25.4. The summed E-state index contributed by atoms with van der Waals surface area (Å²) in [6.45, 7) is 9.19. The van der Waals surface area contributed by atoms with Crippen LogP contribution in [-0.4, -0.2) is 84.0 Å². The Morgan fingerprint density at radius 2 is 1.95 bits per heavy atom. The SMILES string of the molecule is CC1=CC2C(CCNc3ncnc4c3ncn4C3O[C@@H](C(=O)NC4CC4)[C@H](O)[C@@H]3O)CN(Cc3cc(C)ccc3C)C2C=C1. The fourth-order valence-corrected chi connectivity index (χ4v) is 6.96. The number of aromatic nitrogens is 4. The van der Waals surface area contributed by atoms with Crippen molar-refractivity contribution in [1.82, 2.24) is 29.7 Å². The number of nitrogens with one attached hydrogen (secondary N) is 2. The summed E-state index contributed by atoms with van der Waals surface area (Å²) in [7, 11) is 0. The summed E-state index contributed by atoms with van der Waals surface area (Å²) < 4.78 is 7.42. The third kappa shape index (κ3) is 5.53. The minimum absolute atomic E-state index is 0.120. The molecule has 7 atom stereocenters. The molecule has 7 rings (SSSR count). The minimum atomic E-state index is -1.35. The quantitative estimate of drug-likeness (QED) is 0.293. The predicted molar refractivity (Wildman–Crippen MR) is 166 cm³/mol. The number of ether oxygens (including phenoxy) is 1. The van der Waals surface area contributed by atoms with Crippen LogP contribution in [0.15, 0.2) is 54.7 Å². The molecular formula is C33H41N7O4. The molecule has 232 valence electrons. The molecule has 11 nitrogen and oxygen atoms in total. The van der Waals surface area contributed by atoms with Gasteiger partial charge < -0.3 is 25.6 Å². The van der Waals surface area contributed by atoms with Gasteiger partial charge in [-0.15, -0.1) is 0 Å². The Bertz CT molecular complexity index is 1610. The van der Waals surface area contributed by atoms with Gasteiger partial charge in [-0.2, -0.15) is 0 Å². The average Bonchev–Trinajstić information content (AvgIpc) is 3.50. The second kappa shape index (κ2) is 11.7. The Balaban J connectivity index is 1.03. The van der Waals surface area contributed by atoms with Gasteiger partial charge in [0, 0.05) is 37.6 Å². The van der Waals surface area contributed by atoms with Gasteiger partial charge in [0.25, 0.3) is 5.91 Å². The molecule has 3 fully saturated rings. The van der Waals surface area contributed by atoms with Gasteiger partial charge in [-0.25, -0.2) is 15.0 Å². The largest absolute Gasteiger partial charge is 0.387 e. The van der Waals surface area contributed by atoms with Gasteiger partial charge in [0.05, 0.1) is 6.33 Å². The maximum Gasteiger partial charge on any atom is 0.252 e. The van der Waals surface area contributed by atoms with E-state index in [1.54, 1.807) is 4.57 Å². The number of hydrogen-bond acceptors (Lipinski definition) is 9. The van der Waals surface area contributed by atoms with Crippen LogP contribution in [0.4, 0.5) is 5.82 Å². The summed E-state index contributed by atoms with van der Waals surface area (Å²) in [5.74, 6) is 1.12. The number of carbonyl (C=O) groups is 1. The van der Waals surface area contributed by atoms with E-state index in [0.29, 0.717) is 41.4 Å². The molecule has 11 heteroatoms. The number of allylic oxidation sites excluding steroid dienone is 2. The summed E-state index contributed by atoms with van der Waals surface area (Å²) in [6, 6.07) is 7.21. The van der Waals surface area contributed by atoms with E-state index in [1.807, 2.05) is 0 Å². The van der Waals surface area contributed by atoms with Gasteiger partial charge in [-0.3, -0.25) is 14.3 Å². The first-order valence-electron chi connectivity index (χ1n) is 15.7. The number of fused-ring (bicyclic) bond motifs is 2. The monoisotopic (exact) mass is 599 g/mol. The number of anilines is 1. The molecule has 2 aromatic heterocycles. The Kier molecular flexibility index (Phi) is 7.74. The molecule has 4 heterocycles. The van der Waals surface area contributed by atoms with Crippen LogP contribution >= 0.6 is 0 Å². The predicted octanol–water partition coefficient (Wildman–Crippen LogP) is 2.78. The number of hydrogen-bond donors (Lipinski definition) is 4. The second-order valence-electron chi connectivity index (χ2n) is 12.9. The zero-order valence-corrected chi connectivity index (χ0v) is 25.4. The third-order valence-electron chi connectivity index (χ3n) is 9.58. The van der Waals surface area contributed by atoms with Crippen LogP contribution in [0.3, 0.4) is 0 Å². The molecule has 0 radical (unpaired) electrons. The van der Waals surface area contributed by atoms with Crippen molar-refractivity contribution in [1.29, 1.82) is 0 Å². The highest BCUT2D eigenvalue weighted by atomic mass is 16.6. The van der Waals surface area contributed by atoms with Crippen molar-refractivity contribution in [2.24, 2.45) is 11.8 Å².